The fraction of sp³-hybridized carbons (Fsp3) is 0. The first-order chi connectivity index (χ1) is 4.20. The second-order valence-corrected chi connectivity index (χ2v) is 0.984. The van der Waals surface area contributed by atoms with Crippen molar-refractivity contribution in [3.63, 3.8) is 0 Å². The molecule has 1 aromatic rings. The Morgan fingerprint density at radius 3 is 3.43 bits per heavy atom. The summed E-state index contributed by atoms with van der Waals surface area (Å²) in [6.45, 7) is 0. The number of aromatic nitrogens is 2. The van der Waals surface area contributed by atoms with Gasteiger partial charge in [0.1, 0.15) is 0 Å². The molecule has 0 aromatic carbocycles. The van der Waals surface area contributed by atoms with E-state index in [0.717, 1.165) is 6.20 Å². The summed E-state index contributed by atoms with van der Waals surface area (Å²) >= 11 is 0. The predicted molar refractivity (Wildman–Crippen MR) is 24.9 cm³/mol. The highest BCUT2D eigenvalue weighted by molar-refractivity contribution is 4.73. The fourth-order valence-corrected chi connectivity index (χ4v) is 0.245. The molecule has 0 bridgehead atoms. The van der Waals surface area contributed by atoms with Crippen LogP contribution in [-0.2, 0) is 0 Å². The number of rotatable bonds is 0. The highest BCUT2D eigenvalue weighted by Crippen LogP contribution is 1.57. The summed E-state index contributed by atoms with van der Waals surface area (Å²) in [7, 11) is 0. The molecule has 7 heavy (non-hydrogen) atoms. The number of nitrogens with zero attached hydrogens (tertiary/aromatic N) is 1. The van der Waals surface area contributed by atoms with Crippen molar-refractivity contribution in [1.82, 2.24) is 9.97 Å². The van der Waals surface area contributed by atoms with Crippen LogP contribution in [0.1, 0.15) is 2.74 Å². The summed E-state index contributed by atoms with van der Waals surface area (Å²) in [6.07, 6.45) is 0.512. The number of nitrogens with one attached hydrogen (secondary N) is 1. The molecule has 0 spiro atoms. The summed E-state index contributed by atoms with van der Waals surface area (Å²) < 4.78 is 13.7. The molecule has 0 aliphatic rings. The maximum Gasteiger partial charge on any atom is 0.266 e. The second kappa shape index (κ2) is 1.55. The lowest BCUT2D eigenvalue weighted by Crippen LogP contribution is -2.01. The molecule has 1 N–H and O–H groups in total. The van der Waals surface area contributed by atoms with E-state index in [1.165, 1.54) is 0 Å². The van der Waals surface area contributed by atoms with E-state index < -0.39 is 5.56 Å². The zero-order valence-corrected chi connectivity index (χ0v) is 3.43. The summed E-state index contributed by atoms with van der Waals surface area (Å²) in [5.41, 5.74) is -0.448. The highest BCUT2D eigenvalue weighted by atomic mass is 16.1. The molecule has 0 unspecified atom stereocenters. The Hall–Kier alpha value is -1.12. The van der Waals surface area contributed by atoms with E-state index >= 15 is 0 Å². The minimum absolute atomic E-state index is 0.213. The lowest BCUT2D eigenvalue weighted by Gasteiger charge is -1.73. The molecule has 0 radical (unpaired) electrons. The summed E-state index contributed by atoms with van der Waals surface area (Å²) in [6, 6.07) is 0. The average molecular weight is 98.1 g/mol. The third kappa shape index (κ3) is 0.855. The third-order valence-electron chi connectivity index (χ3n) is 0.488. The van der Waals surface area contributed by atoms with Crippen molar-refractivity contribution < 1.29 is 2.74 Å². The Bertz CT molecular complexity index is 270. The molecule has 0 saturated heterocycles. The average Bonchev–Trinajstić information content (AvgIpc) is 1.80. The lowest BCUT2D eigenvalue weighted by atomic mass is 10.8. The van der Waals surface area contributed by atoms with E-state index in [-0.39, 0.29) is 12.3 Å². The zero-order valence-electron chi connectivity index (χ0n) is 5.43. The van der Waals surface area contributed by atoms with Gasteiger partial charge in [-0.2, -0.15) is 0 Å². The smallest absolute Gasteiger partial charge is 0.266 e. The molecule has 0 amide bonds. The maximum atomic E-state index is 10.3. The van der Waals surface area contributed by atoms with Gasteiger partial charge in [0.05, 0.1) is 8.94 Å². The molecule has 0 fully saturated rings. The first-order valence-corrected chi connectivity index (χ1v) is 1.72. The Kier molecular flexibility index (Phi) is 0.500. The van der Waals surface area contributed by atoms with Crippen LogP contribution in [0.3, 0.4) is 0 Å². The van der Waals surface area contributed by atoms with Crippen LogP contribution in [0.15, 0.2) is 23.3 Å². The Labute approximate surface area is 42.8 Å². The highest BCUT2D eigenvalue weighted by Gasteiger charge is 1.70. The molecular weight excluding hydrogens is 92.1 g/mol. The Morgan fingerprint density at radius 2 is 2.86 bits per heavy atom. The summed E-state index contributed by atoms with van der Waals surface area (Å²) in [4.78, 5) is 15.7. The second-order valence-electron chi connectivity index (χ2n) is 0.984. The topological polar surface area (TPSA) is 45.8 Å². The molecule has 36 valence electrons. The monoisotopic (exact) mass is 98.0 g/mol. The van der Waals surface area contributed by atoms with Crippen LogP contribution in [-0.4, -0.2) is 9.97 Å². The Balaban J connectivity index is 3.34. The fourth-order valence-electron chi connectivity index (χ4n) is 0.245. The number of hydrogen-bond acceptors (Lipinski definition) is 2. The van der Waals surface area contributed by atoms with Crippen LogP contribution in [0, 0.1) is 0 Å². The maximum absolute atomic E-state index is 10.3. The van der Waals surface area contributed by atoms with Gasteiger partial charge in [-0.05, 0) is 0 Å². The van der Waals surface area contributed by atoms with Crippen molar-refractivity contribution in [2.24, 2.45) is 0 Å². The first-order valence-electron chi connectivity index (χ1n) is 2.72. The van der Waals surface area contributed by atoms with E-state index in [1.807, 2.05) is 0 Å². The molecular formula is C4H4N2O. The Morgan fingerprint density at radius 1 is 2.00 bits per heavy atom. The van der Waals surface area contributed by atoms with E-state index in [4.69, 9.17) is 2.74 Å². The molecule has 1 rings (SSSR count). The van der Waals surface area contributed by atoms with Gasteiger partial charge in [-0.3, -0.25) is 9.78 Å². The molecule has 0 saturated carbocycles. The van der Waals surface area contributed by atoms with E-state index in [1.54, 1.807) is 0 Å². The third-order valence-corrected chi connectivity index (χ3v) is 0.488. The van der Waals surface area contributed by atoms with E-state index in [0.29, 0.717) is 0 Å². The van der Waals surface area contributed by atoms with Crippen molar-refractivity contribution in [3.05, 3.63) is 28.9 Å². The van der Waals surface area contributed by atoms with Gasteiger partial charge in [-0.15, -0.1) is 0 Å². The number of aromatic amines is 1. The quantitative estimate of drug-likeness (QED) is 0.487. The van der Waals surface area contributed by atoms with Gasteiger partial charge in [0, 0.05) is 12.3 Å². The van der Waals surface area contributed by atoms with Crippen molar-refractivity contribution in [2.75, 3.05) is 0 Å². The van der Waals surface area contributed by atoms with Crippen LogP contribution < -0.4 is 5.56 Å². The van der Waals surface area contributed by atoms with Gasteiger partial charge in [0.25, 0.3) is 5.56 Å². The van der Waals surface area contributed by atoms with Crippen LogP contribution >= 0.6 is 0 Å². The zero-order chi connectivity index (χ0) is 6.85. The van der Waals surface area contributed by atoms with Gasteiger partial charge in [-0.1, -0.05) is 0 Å². The van der Waals surface area contributed by atoms with E-state index in [2.05, 4.69) is 9.97 Å². The van der Waals surface area contributed by atoms with Crippen molar-refractivity contribution in [3.8, 4) is 0 Å². The summed E-state index contributed by atoms with van der Waals surface area (Å²) in [5.74, 6) is 0. The molecule has 1 aromatic heterocycles. The van der Waals surface area contributed by atoms with Crippen molar-refractivity contribution in [1.29, 1.82) is 0 Å². The first kappa shape index (κ1) is 2.26. The van der Waals surface area contributed by atoms with Gasteiger partial charge < -0.3 is 4.98 Å². The van der Waals surface area contributed by atoms with Crippen molar-refractivity contribution in [2.45, 2.75) is 0 Å². The van der Waals surface area contributed by atoms with Crippen LogP contribution in [0.4, 0.5) is 0 Å². The molecule has 0 atom stereocenters. The van der Waals surface area contributed by atoms with Crippen LogP contribution in [0.5, 0.6) is 0 Å². The van der Waals surface area contributed by atoms with Gasteiger partial charge in [0.15, 0.2) is 0 Å². The van der Waals surface area contributed by atoms with E-state index in [9.17, 15) is 4.79 Å². The largest absolute Gasteiger partial charge is 0.326 e. The van der Waals surface area contributed by atoms with Gasteiger partial charge in [-0.25, -0.2) is 0 Å². The van der Waals surface area contributed by atoms with Gasteiger partial charge in [0.2, 0.25) is 0 Å². The minimum Gasteiger partial charge on any atom is -0.326 e. The minimum atomic E-state index is -0.448. The predicted octanol–water partition coefficient (Wildman–Crippen LogP) is -0.230. The molecule has 3 nitrogen and oxygen atoms in total. The van der Waals surface area contributed by atoms with Crippen LogP contribution in [0.25, 0.3) is 0 Å². The molecule has 0 aliphatic heterocycles. The molecule has 1 heterocycles. The normalized spacial score (nSPS) is 12.6. The lowest BCUT2D eigenvalue weighted by molar-refractivity contribution is 1.14. The summed E-state index contributed by atoms with van der Waals surface area (Å²) in [5, 5.41) is 0. The standard InChI is InChI=1S/C4H4N2O/c7-4-3-5-1-2-6-4/h1-3H,(H,6,7)/i1D,2D. The number of H-pyrrole nitrogens is 1. The van der Waals surface area contributed by atoms with Crippen LogP contribution in [0.2, 0.25) is 0 Å². The molecule has 3 heteroatoms. The molecule has 0 aliphatic carbocycles. The van der Waals surface area contributed by atoms with Gasteiger partial charge >= 0.3 is 0 Å². The number of hydrogen-bond donors (Lipinski definition) is 1. The van der Waals surface area contributed by atoms with Crippen molar-refractivity contribution >= 4 is 0 Å². The SMILES string of the molecule is [2H]c1ncc(=O)[nH]c1[2H].